The second-order valence-corrected chi connectivity index (χ2v) is 3.91. The number of aliphatic carboxylic acids is 1. The Morgan fingerprint density at radius 1 is 1.67 bits per heavy atom. The molecule has 1 aliphatic rings. The smallest absolute Gasteiger partial charge is 0.325 e. The van der Waals surface area contributed by atoms with Crippen molar-refractivity contribution in [1.29, 1.82) is 0 Å². The van der Waals surface area contributed by atoms with Crippen molar-refractivity contribution in [1.82, 2.24) is 10.3 Å². The molecule has 4 nitrogen and oxygen atoms in total. The number of pyridine rings is 1. The number of nitrogens with zero attached hydrogens (tertiary/aromatic N) is 1. The fourth-order valence-electron chi connectivity index (χ4n) is 1.50. The number of carboxylic acid groups (broad SMARTS) is 1. The van der Waals surface area contributed by atoms with E-state index in [1.165, 1.54) is 12.8 Å². The predicted molar refractivity (Wildman–Crippen MR) is 55.3 cm³/mol. The number of carboxylic acids is 1. The van der Waals surface area contributed by atoms with Gasteiger partial charge in [0.1, 0.15) is 6.04 Å². The van der Waals surface area contributed by atoms with E-state index in [0.717, 1.165) is 6.54 Å². The number of carbonyl (C=O) groups is 1. The summed E-state index contributed by atoms with van der Waals surface area (Å²) < 4.78 is 0. The van der Waals surface area contributed by atoms with E-state index in [4.69, 9.17) is 5.11 Å². The molecule has 0 spiro atoms. The third-order valence-electron chi connectivity index (χ3n) is 2.57. The van der Waals surface area contributed by atoms with Gasteiger partial charge in [0.15, 0.2) is 0 Å². The maximum atomic E-state index is 11.0. The SMILES string of the molecule is O=C(O)C(NCC1CC1)c1cccnc1. The van der Waals surface area contributed by atoms with Crippen molar-refractivity contribution >= 4 is 5.97 Å². The molecule has 15 heavy (non-hydrogen) atoms. The molecule has 1 aliphatic carbocycles. The number of rotatable bonds is 5. The van der Waals surface area contributed by atoms with Crippen molar-refractivity contribution in [3.8, 4) is 0 Å². The average Bonchev–Trinajstić information content (AvgIpc) is 3.03. The van der Waals surface area contributed by atoms with E-state index >= 15 is 0 Å². The third kappa shape index (κ3) is 2.76. The molecule has 0 aromatic carbocycles. The molecule has 0 bridgehead atoms. The van der Waals surface area contributed by atoms with E-state index in [2.05, 4.69) is 10.3 Å². The van der Waals surface area contributed by atoms with Crippen LogP contribution in [0.1, 0.15) is 24.4 Å². The molecule has 0 radical (unpaired) electrons. The van der Waals surface area contributed by atoms with Crippen molar-refractivity contribution in [2.45, 2.75) is 18.9 Å². The van der Waals surface area contributed by atoms with Gasteiger partial charge in [-0.2, -0.15) is 0 Å². The summed E-state index contributed by atoms with van der Waals surface area (Å²) in [7, 11) is 0. The average molecular weight is 206 g/mol. The largest absolute Gasteiger partial charge is 0.480 e. The summed E-state index contributed by atoms with van der Waals surface area (Å²) in [5, 5.41) is 12.1. The number of hydrogen-bond donors (Lipinski definition) is 2. The van der Waals surface area contributed by atoms with Crippen molar-refractivity contribution < 1.29 is 9.90 Å². The topological polar surface area (TPSA) is 62.2 Å². The maximum absolute atomic E-state index is 11.0. The molecule has 1 aromatic rings. The molecule has 4 heteroatoms. The van der Waals surface area contributed by atoms with Crippen LogP contribution in [-0.2, 0) is 4.79 Å². The van der Waals surface area contributed by atoms with Crippen molar-refractivity contribution in [2.75, 3.05) is 6.54 Å². The summed E-state index contributed by atoms with van der Waals surface area (Å²) in [5.74, 6) is -0.174. The van der Waals surface area contributed by atoms with Gasteiger partial charge in [0.2, 0.25) is 0 Å². The summed E-state index contributed by atoms with van der Waals surface area (Å²) in [6.07, 6.45) is 5.67. The van der Waals surface area contributed by atoms with E-state index in [1.807, 2.05) is 0 Å². The molecule has 0 saturated heterocycles. The van der Waals surface area contributed by atoms with Gasteiger partial charge in [0.05, 0.1) is 0 Å². The van der Waals surface area contributed by atoms with Crippen LogP contribution in [0.2, 0.25) is 0 Å². The Labute approximate surface area is 88.3 Å². The quantitative estimate of drug-likeness (QED) is 0.760. The van der Waals surface area contributed by atoms with Crippen molar-refractivity contribution in [2.24, 2.45) is 5.92 Å². The maximum Gasteiger partial charge on any atom is 0.325 e. The van der Waals surface area contributed by atoms with Crippen LogP contribution in [0.4, 0.5) is 0 Å². The zero-order valence-corrected chi connectivity index (χ0v) is 8.39. The van der Waals surface area contributed by atoms with Gasteiger partial charge in [-0.1, -0.05) is 6.07 Å². The predicted octanol–water partition coefficient (Wildman–Crippen LogP) is 1.21. The first-order chi connectivity index (χ1) is 7.27. The Hall–Kier alpha value is -1.42. The summed E-state index contributed by atoms with van der Waals surface area (Å²) in [5.41, 5.74) is 0.714. The molecule has 1 unspecified atom stereocenters. The molecule has 2 N–H and O–H groups in total. The Kier molecular flexibility index (Phi) is 2.97. The van der Waals surface area contributed by atoms with Gasteiger partial charge in [-0.25, -0.2) is 0 Å². The molecule has 0 amide bonds. The molecule has 1 fully saturated rings. The Bertz CT molecular complexity index is 336. The van der Waals surface area contributed by atoms with Crippen LogP contribution in [0.3, 0.4) is 0 Å². The van der Waals surface area contributed by atoms with Gasteiger partial charge in [-0.3, -0.25) is 9.78 Å². The molecule has 2 rings (SSSR count). The summed E-state index contributed by atoms with van der Waals surface area (Å²) >= 11 is 0. The minimum Gasteiger partial charge on any atom is -0.480 e. The van der Waals surface area contributed by atoms with E-state index in [-0.39, 0.29) is 0 Å². The summed E-state index contributed by atoms with van der Waals surface area (Å²) in [4.78, 5) is 15.0. The van der Waals surface area contributed by atoms with Crippen LogP contribution in [-0.4, -0.2) is 22.6 Å². The molecule has 1 heterocycles. The van der Waals surface area contributed by atoms with Crippen LogP contribution in [0, 0.1) is 5.92 Å². The highest BCUT2D eigenvalue weighted by Gasteiger charge is 2.25. The number of aromatic nitrogens is 1. The van der Waals surface area contributed by atoms with Gasteiger partial charge in [-0.05, 0) is 36.9 Å². The monoisotopic (exact) mass is 206 g/mol. The zero-order valence-electron chi connectivity index (χ0n) is 8.39. The standard InChI is InChI=1S/C11H14N2O2/c14-11(15)10(13-6-8-3-4-8)9-2-1-5-12-7-9/h1-2,5,7-8,10,13H,3-4,6H2,(H,14,15). The minimum atomic E-state index is -0.844. The van der Waals surface area contributed by atoms with Crippen LogP contribution in [0.5, 0.6) is 0 Å². The van der Waals surface area contributed by atoms with Gasteiger partial charge in [0, 0.05) is 12.4 Å². The highest BCUT2D eigenvalue weighted by molar-refractivity contribution is 5.75. The lowest BCUT2D eigenvalue weighted by Gasteiger charge is -2.13. The fraction of sp³-hybridized carbons (Fsp3) is 0.455. The van der Waals surface area contributed by atoms with Gasteiger partial charge < -0.3 is 10.4 Å². The second-order valence-electron chi connectivity index (χ2n) is 3.91. The van der Waals surface area contributed by atoms with E-state index in [9.17, 15) is 4.79 Å². The van der Waals surface area contributed by atoms with E-state index < -0.39 is 12.0 Å². The minimum absolute atomic E-state index is 0.626. The zero-order chi connectivity index (χ0) is 10.7. The molecule has 80 valence electrons. The van der Waals surface area contributed by atoms with Crippen LogP contribution in [0.25, 0.3) is 0 Å². The lowest BCUT2D eigenvalue weighted by Crippen LogP contribution is -2.30. The summed E-state index contributed by atoms with van der Waals surface area (Å²) in [6, 6.07) is 2.91. The molecular formula is C11H14N2O2. The Morgan fingerprint density at radius 3 is 3.00 bits per heavy atom. The lowest BCUT2D eigenvalue weighted by atomic mass is 10.1. The van der Waals surface area contributed by atoms with Gasteiger partial charge in [-0.15, -0.1) is 0 Å². The number of hydrogen-bond acceptors (Lipinski definition) is 3. The summed E-state index contributed by atoms with van der Waals surface area (Å²) in [6.45, 7) is 0.784. The lowest BCUT2D eigenvalue weighted by molar-refractivity contribution is -0.139. The van der Waals surface area contributed by atoms with E-state index in [0.29, 0.717) is 11.5 Å². The highest BCUT2D eigenvalue weighted by Crippen LogP contribution is 2.28. The Balaban J connectivity index is 2.01. The first kappa shape index (κ1) is 10.1. The van der Waals surface area contributed by atoms with Gasteiger partial charge in [0.25, 0.3) is 0 Å². The highest BCUT2D eigenvalue weighted by atomic mass is 16.4. The first-order valence-electron chi connectivity index (χ1n) is 5.13. The fourth-order valence-corrected chi connectivity index (χ4v) is 1.50. The van der Waals surface area contributed by atoms with Crippen LogP contribution < -0.4 is 5.32 Å². The Morgan fingerprint density at radius 2 is 2.47 bits per heavy atom. The first-order valence-corrected chi connectivity index (χ1v) is 5.13. The van der Waals surface area contributed by atoms with Crippen molar-refractivity contribution in [3.05, 3.63) is 30.1 Å². The molecule has 1 aromatic heterocycles. The van der Waals surface area contributed by atoms with Gasteiger partial charge >= 0.3 is 5.97 Å². The molecule has 1 saturated carbocycles. The van der Waals surface area contributed by atoms with Crippen LogP contribution >= 0.6 is 0 Å². The molecular weight excluding hydrogens is 192 g/mol. The second kappa shape index (κ2) is 4.40. The number of nitrogens with one attached hydrogen (secondary N) is 1. The molecule has 1 atom stereocenters. The van der Waals surface area contributed by atoms with Crippen molar-refractivity contribution in [3.63, 3.8) is 0 Å². The van der Waals surface area contributed by atoms with Crippen LogP contribution in [0.15, 0.2) is 24.5 Å². The molecule has 0 aliphatic heterocycles. The third-order valence-corrected chi connectivity index (χ3v) is 2.57. The van der Waals surface area contributed by atoms with E-state index in [1.54, 1.807) is 24.5 Å². The normalized spacial score (nSPS) is 17.3.